The molecule has 2 aromatic heterocycles. The number of hydrogen-bond acceptors (Lipinski definition) is 5. The highest BCUT2D eigenvalue weighted by Gasteiger charge is 2.10. The molecule has 3 rings (SSSR count). The lowest BCUT2D eigenvalue weighted by Crippen LogP contribution is -1.88. The number of rotatable bonds is 5. The van der Waals surface area contributed by atoms with Crippen molar-refractivity contribution in [2.45, 2.75) is 11.4 Å². The summed E-state index contributed by atoms with van der Waals surface area (Å²) in [5, 5.41) is 9.80. The molecular formula is C15H13FN2OS2. The van der Waals surface area contributed by atoms with Gasteiger partial charge in [0.05, 0.1) is 10.2 Å². The van der Waals surface area contributed by atoms with Crippen LogP contribution >= 0.6 is 23.1 Å². The van der Waals surface area contributed by atoms with Crippen molar-refractivity contribution in [3.8, 4) is 10.4 Å². The molecule has 0 aliphatic heterocycles. The molecule has 108 valence electrons. The van der Waals surface area contributed by atoms with E-state index < -0.39 is 0 Å². The lowest BCUT2D eigenvalue weighted by molar-refractivity contribution is 0.296. The molecule has 0 amide bonds. The van der Waals surface area contributed by atoms with E-state index in [9.17, 15) is 4.39 Å². The molecule has 21 heavy (non-hydrogen) atoms. The van der Waals surface area contributed by atoms with Crippen molar-refractivity contribution in [2.75, 3.05) is 12.4 Å². The van der Waals surface area contributed by atoms with Gasteiger partial charge in [-0.25, -0.2) is 14.4 Å². The molecule has 3 aromatic rings. The highest BCUT2D eigenvalue weighted by molar-refractivity contribution is 7.99. The number of aliphatic hydroxyl groups is 1. The summed E-state index contributed by atoms with van der Waals surface area (Å²) in [7, 11) is 0. The number of thioether (sulfide) groups is 1. The third-order valence-electron chi connectivity index (χ3n) is 2.95. The lowest BCUT2D eigenvalue weighted by Gasteiger charge is -1.99. The number of halogens is 1. The number of aromatic nitrogens is 2. The zero-order chi connectivity index (χ0) is 14.7. The van der Waals surface area contributed by atoms with Gasteiger partial charge in [-0.2, -0.15) is 0 Å². The predicted octanol–water partition coefficient (Wildman–Crippen LogP) is 3.97. The van der Waals surface area contributed by atoms with Crippen LogP contribution in [0.1, 0.15) is 6.42 Å². The number of hydrogen-bond donors (Lipinski definition) is 1. The molecule has 1 aromatic carbocycles. The average Bonchev–Trinajstić information content (AvgIpc) is 2.93. The van der Waals surface area contributed by atoms with Crippen LogP contribution in [-0.4, -0.2) is 27.4 Å². The summed E-state index contributed by atoms with van der Waals surface area (Å²) in [5.74, 6) is 0.590. The SMILES string of the molecule is OCCCSc1ncnc2cc(-c3ccc(F)cc3)sc12. The van der Waals surface area contributed by atoms with E-state index in [2.05, 4.69) is 9.97 Å². The van der Waals surface area contributed by atoms with Gasteiger partial charge in [0, 0.05) is 17.2 Å². The number of aliphatic hydroxyl groups excluding tert-OH is 1. The monoisotopic (exact) mass is 320 g/mol. The molecule has 3 nitrogen and oxygen atoms in total. The van der Waals surface area contributed by atoms with E-state index in [1.807, 2.05) is 6.07 Å². The Kier molecular flexibility index (Phi) is 4.48. The van der Waals surface area contributed by atoms with E-state index in [4.69, 9.17) is 5.11 Å². The standard InChI is InChI=1S/C15H13FN2OS2/c16-11-4-2-10(3-5-11)13-8-12-14(21-13)15(18-9-17-12)20-7-1-6-19/h2-5,8-9,19H,1,6-7H2. The molecular weight excluding hydrogens is 307 g/mol. The van der Waals surface area contributed by atoms with Crippen LogP contribution in [0.2, 0.25) is 0 Å². The fraction of sp³-hybridized carbons (Fsp3) is 0.200. The van der Waals surface area contributed by atoms with Crippen molar-refractivity contribution in [3.05, 3.63) is 42.5 Å². The third kappa shape index (κ3) is 3.23. The van der Waals surface area contributed by atoms with Crippen LogP contribution in [0.5, 0.6) is 0 Å². The molecule has 0 aliphatic carbocycles. The van der Waals surface area contributed by atoms with E-state index in [0.29, 0.717) is 0 Å². The molecule has 0 fully saturated rings. The molecule has 6 heteroatoms. The summed E-state index contributed by atoms with van der Waals surface area (Å²) in [6.07, 6.45) is 2.30. The van der Waals surface area contributed by atoms with E-state index in [1.54, 1.807) is 41.6 Å². The van der Waals surface area contributed by atoms with Gasteiger partial charge in [0.15, 0.2) is 0 Å². The Hall–Kier alpha value is -1.50. The number of thiophene rings is 1. The van der Waals surface area contributed by atoms with Gasteiger partial charge in [0.25, 0.3) is 0 Å². The van der Waals surface area contributed by atoms with Crippen LogP contribution in [0.15, 0.2) is 41.7 Å². The maximum absolute atomic E-state index is 13.0. The molecule has 0 unspecified atom stereocenters. The molecule has 1 N–H and O–H groups in total. The Labute approximate surface area is 129 Å². The van der Waals surface area contributed by atoms with Crippen molar-refractivity contribution in [2.24, 2.45) is 0 Å². The second-order valence-electron chi connectivity index (χ2n) is 4.44. The largest absolute Gasteiger partial charge is 0.396 e. The second-order valence-corrected chi connectivity index (χ2v) is 6.57. The van der Waals surface area contributed by atoms with Crippen LogP contribution < -0.4 is 0 Å². The van der Waals surface area contributed by atoms with Gasteiger partial charge in [-0.05, 0) is 30.2 Å². The van der Waals surface area contributed by atoms with Crippen molar-refractivity contribution < 1.29 is 9.50 Å². The Morgan fingerprint density at radius 3 is 2.76 bits per heavy atom. The smallest absolute Gasteiger partial charge is 0.123 e. The van der Waals surface area contributed by atoms with E-state index >= 15 is 0 Å². The fourth-order valence-corrected chi connectivity index (χ4v) is 4.05. The first-order valence-corrected chi connectivity index (χ1v) is 8.32. The number of nitrogens with zero attached hydrogens (tertiary/aromatic N) is 2. The highest BCUT2D eigenvalue weighted by atomic mass is 32.2. The van der Waals surface area contributed by atoms with Gasteiger partial charge in [0.2, 0.25) is 0 Å². The van der Waals surface area contributed by atoms with Gasteiger partial charge in [-0.1, -0.05) is 12.1 Å². The maximum Gasteiger partial charge on any atom is 0.123 e. The van der Waals surface area contributed by atoms with Gasteiger partial charge in [0.1, 0.15) is 17.2 Å². The minimum atomic E-state index is -0.236. The summed E-state index contributed by atoms with van der Waals surface area (Å²) in [6, 6.07) is 8.47. The summed E-state index contributed by atoms with van der Waals surface area (Å²) in [5.41, 5.74) is 1.88. The summed E-state index contributed by atoms with van der Waals surface area (Å²) < 4.78 is 14.0. The number of benzene rings is 1. The topological polar surface area (TPSA) is 46.0 Å². The predicted molar refractivity (Wildman–Crippen MR) is 85.2 cm³/mol. The Morgan fingerprint density at radius 2 is 2.00 bits per heavy atom. The van der Waals surface area contributed by atoms with Gasteiger partial charge in [-0.3, -0.25) is 0 Å². The summed E-state index contributed by atoms with van der Waals surface area (Å²) in [6.45, 7) is 0.187. The molecule has 0 bridgehead atoms. The molecule has 0 saturated heterocycles. The van der Waals surface area contributed by atoms with Crippen LogP contribution in [0, 0.1) is 5.82 Å². The van der Waals surface area contributed by atoms with Crippen molar-refractivity contribution in [1.82, 2.24) is 9.97 Å². The van der Waals surface area contributed by atoms with Crippen molar-refractivity contribution in [1.29, 1.82) is 0 Å². The highest BCUT2D eigenvalue weighted by Crippen LogP contribution is 2.36. The Bertz CT molecular complexity index is 743. The summed E-state index contributed by atoms with van der Waals surface area (Å²) in [4.78, 5) is 9.67. The van der Waals surface area contributed by atoms with E-state index in [-0.39, 0.29) is 12.4 Å². The van der Waals surface area contributed by atoms with Crippen LogP contribution in [0.3, 0.4) is 0 Å². The van der Waals surface area contributed by atoms with E-state index in [1.165, 1.54) is 12.1 Å². The Balaban J connectivity index is 1.95. The normalized spacial score (nSPS) is 11.1. The third-order valence-corrected chi connectivity index (χ3v) is 5.33. The first kappa shape index (κ1) is 14.4. The minimum Gasteiger partial charge on any atom is -0.396 e. The molecule has 0 aliphatic rings. The molecule has 0 saturated carbocycles. The molecule has 2 heterocycles. The Morgan fingerprint density at radius 1 is 1.19 bits per heavy atom. The van der Waals surface area contributed by atoms with Crippen LogP contribution in [0.4, 0.5) is 4.39 Å². The fourth-order valence-electron chi connectivity index (χ4n) is 1.93. The molecule has 0 radical (unpaired) electrons. The van der Waals surface area contributed by atoms with E-state index in [0.717, 1.165) is 37.9 Å². The maximum atomic E-state index is 13.0. The summed E-state index contributed by atoms with van der Waals surface area (Å²) >= 11 is 3.23. The first-order valence-electron chi connectivity index (χ1n) is 6.52. The molecule has 0 spiro atoms. The quantitative estimate of drug-likeness (QED) is 0.439. The average molecular weight is 320 g/mol. The van der Waals surface area contributed by atoms with Crippen molar-refractivity contribution >= 4 is 33.3 Å². The zero-order valence-electron chi connectivity index (χ0n) is 11.1. The number of fused-ring (bicyclic) bond motifs is 1. The molecule has 0 atom stereocenters. The van der Waals surface area contributed by atoms with Crippen LogP contribution in [-0.2, 0) is 0 Å². The second kappa shape index (κ2) is 6.51. The van der Waals surface area contributed by atoms with Crippen molar-refractivity contribution in [3.63, 3.8) is 0 Å². The zero-order valence-corrected chi connectivity index (χ0v) is 12.8. The van der Waals surface area contributed by atoms with Gasteiger partial charge >= 0.3 is 0 Å². The van der Waals surface area contributed by atoms with Crippen LogP contribution in [0.25, 0.3) is 20.7 Å². The minimum absolute atomic E-state index is 0.187. The van der Waals surface area contributed by atoms with Gasteiger partial charge in [-0.15, -0.1) is 23.1 Å². The first-order chi connectivity index (χ1) is 10.3. The van der Waals surface area contributed by atoms with Gasteiger partial charge < -0.3 is 5.11 Å². The lowest BCUT2D eigenvalue weighted by atomic mass is 10.2.